The molecule has 1 amide bonds. The molecule has 1 fully saturated rings. The first-order chi connectivity index (χ1) is 11.7. The minimum absolute atomic E-state index is 0.0451. The average Bonchev–Trinajstić information content (AvgIpc) is 3.24. The number of carbonyl (C=O) groups is 1. The highest BCUT2D eigenvalue weighted by Gasteiger charge is 2.45. The van der Waals surface area contributed by atoms with E-state index in [2.05, 4.69) is 17.4 Å². The van der Waals surface area contributed by atoms with Crippen molar-refractivity contribution in [2.24, 2.45) is 5.73 Å². The van der Waals surface area contributed by atoms with Gasteiger partial charge in [0.15, 0.2) is 11.5 Å². The monoisotopic (exact) mass is 324 g/mol. The lowest BCUT2D eigenvalue weighted by Gasteiger charge is -2.22. The van der Waals surface area contributed by atoms with Crippen molar-refractivity contribution in [3.63, 3.8) is 0 Å². The van der Waals surface area contributed by atoms with E-state index in [1.54, 1.807) is 0 Å². The Morgan fingerprint density at radius 2 is 1.88 bits per heavy atom. The Morgan fingerprint density at radius 1 is 1.12 bits per heavy atom. The second-order valence-corrected chi connectivity index (χ2v) is 6.48. The predicted octanol–water partition coefficient (Wildman–Crippen LogP) is 2.26. The van der Waals surface area contributed by atoms with E-state index in [1.807, 2.05) is 36.4 Å². The standard InChI is InChI=1S/C19H20N2O3/c20-18(22)17(13-4-2-1-3-5-13)21-11-19(8-9-19)14-6-7-15-16(10-14)24-12-23-15/h1-7,10,17,21H,8-9,11-12H2,(H2,20,22). The summed E-state index contributed by atoms with van der Waals surface area (Å²) in [4.78, 5) is 11.9. The molecule has 0 bridgehead atoms. The Labute approximate surface area is 140 Å². The van der Waals surface area contributed by atoms with Gasteiger partial charge in [-0.1, -0.05) is 36.4 Å². The van der Waals surface area contributed by atoms with Gasteiger partial charge in [-0.25, -0.2) is 0 Å². The van der Waals surface area contributed by atoms with E-state index in [0.717, 1.165) is 29.9 Å². The van der Waals surface area contributed by atoms with Gasteiger partial charge in [-0.2, -0.15) is 0 Å². The van der Waals surface area contributed by atoms with Crippen LogP contribution in [0.25, 0.3) is 0 Å². The van der Waals surface area contributed by atoms with E-state index in [0.29, 0.717) is 6.54 Å². The van der Waals surface area contributed by atoms with Crippen LogP contribution in [0.5, 0.6) is 11.5 Å². The maximum absolute atomic E-state index is 11.9. The molecule has 1 unspecified atom stereocenters. The van der Waals surface area contributed by atoms with Crippen molar-refractivity contribution in [3.05, 3.63) is 59.7 Å². The molecule has 0 spiro atoms. The zero-order valence-corrected chi connectivity index (χ0v) is 13.3. The number of nitrogens with one attached hydrogen (secondary N) is 1. The van der Waals surface area contributed by atoms with Crippen LogP contribution in [0.1, 0.15) is 30.0 Å². The van der Waals surface area contributed by atoms with E-state index in [-0.39, 0.29) is 18.1 Å². The molecule has 0 aromatic heterocycles. The molecule has 2 aliphatic rings. The molecule has 1 heterocycles. The predicted molar refractivity (Wildman–Crippen MR) is 89.9 cm³/mol. The van der Waals surface area contributed by atoms with Gasteiger partial charge in [-0.05, 0) is 36.1 Å². The Hall–Kier alpha value is -2.53. The van der Waals surface area contributed by atoms with Crippen molar-refractivity contribution in [2.45, 2.75) is 24.3 Å². The molecule has 1 atom stereocenters. The smallest absolute Gasteiger partial charge is 0.239 e. The number of nitrogens with two attached hydrogens (primary N) is 1. The van der Waals surface area contributed by atoms with Crippen LogP contribution in [0.4, 0.5) is 0 Å². The normalized spacial score (nSPS) is 18.2. The van der Waals surface area contributed by atoms with E-state index in [1.165, 1.54) is 5.56 Å². The number of amides is 1. The van der Waals surface area contributed by atoms with Gasteiger partial charge >= 0.3 is 0 Å². The third kappa shape index (κ3) is 2.71. The number of carbonyl (C=O) groups excluding carboxylic acids is 1. The van der Waals surface area contributed by atoms with Crippen LogP contribution in [0.3, 0.4) is 0 Å². The summed E-state index contributed by atoms with van der Waals surface area (Å²) in [6.45, 7) is 0.983. The first-order valence-electron chi connectivity index (χ1n) is 8.16. The summed E-state index contributed by atoms with van der Waals surface area (Å²) in [5.74, 6) is 1.23. The maximum atomic E-state index is 11.9. The molecule has 2 aromatic rings. The first kappa shape index (κ1) is 15.0. The summed E-state index contributed by atoms with van der Waals surface area (Å²) in [5, 5.41) is 3.36. The highest BCUT2D eigenvalue weighted by atomic mass is 16.7. The highest BCUT2D eigenvalue weighted by Crippen LogP contribution is 2.50. The molecule has 0 saturated heterocycles. The van der Waals surface area contributed by atoms with Crippen LogP contribution in [0, 0.1) is 0 Å². The third-order valence-corrected chi connectivity index (χ3v) is 4.90. The fourth-order valence-electron chi connectivity index (χ4n) is 3.27. The molecule has 2 aromatic carbocycles. The number of fused-ring (bicyclic) bond motifs is 1. The van der Waals surface area contributed by atoms with Crippen LogP contribution in [0.15, 0.2) is 48.5 Å². The topological polar surface area (TPSA) is 73.6 Å². The van der Waals surface area contributed by atoms with E-state index < -0.39 is 6.04 Å². The van der Waals surface area contributed by atoms with Gasteiger partial charge in [0, 0.05) is 12.0 Å². The largest absolute Gasteiger partial charge is 0.454 e. The molecular weight excluding hydrogens is 304 g/mol. The fraction of sp³-hybridized carbons (Fsp3) is 0.316. The van der Waals surface area contributed by atoms with E-state index >= 15 is 0 Å². The quantitative estimate of drug-likeness (QED) is 0.855. The molecule has 1 saturated carbocycles. The van der Waals surface area contributed by atoms with Crippen LogP contribution in [0.2, 0.25) is 0 Å². The van der Waals surface area contributed by atoms with Crippen LogP contribution < -0.4 is 20.5 Å². The molecule has 0 radical (unpaired) electrons. The van der Waals surface area contributed by atoms with Gasteiger partial charge in [-0.3, -0.25) is 4.79 Å². The summed E-state index contributed by atoms with van der Waals surface area (Å²) in [6, 6.07) is 15.2. The number of primary amides is 1. The third-order valence-electron chi connectivity index (χ3n) is 4.90. The van der Waals surface area contributed by atoms with E-state index in [9.17, 15) is 4.79 Å². The van der Waals surface area contributed by atoms with Crippen molar-refractivity contribution in [2.75, 3.05) is 13.3 Å². The molecule has 5 nitrogen and oxygen atoms in total. The second kappa shape index (κ2) is 5.83. The average molecular weight is 324 g/mol. The molecule has 24 heavy (non-hydrogen) atoms. The van der Waals surface area contributed by atoms with Gasteiger partial charge in [0.25, 0.3) is 0 Å². The molecule has 1 aliphatic heterocycles. The Balaban J connectivity index is 1.51. The summed E-state index contributed by atoms with van der Waals surface area (Å²) < 4.78 is 10.9. The lowest BCUT2D eigenvalue weighted by Crippen LogP contribution is -2.38. The zero-order chi connectivity index (χ0) is 16.6. The van der Waals surface area contributed by atoms with Gasteiger partial charge in [0.05, 0.1) is 0 Å². The zero-order valence-electron chi connectivity index (χ0n) is 13.3. The van der Waals surface area contributed by atoms with Crippen LogP contribution in [-0.2, 0) is 10.2 Å². The van der Waals surface area contributed by atoms with Crippen molar-refractivity contribution in [3.8, 4) is 11.5 Å². The summed E-state index contributed by atoms with van der Waals surface area (Å²) >= 11 is 0. The second-order valence-electron chi connectivity index (χ2n) is 6.48. The molecular formula is C19H20N2O3. The lowest BCUT2D eigenvalue weighted by molar-refractivity contribution is -0.120. The summed E-state index contributed by atoms with van der Waals surface area (Å²) in [5.41, 5.74) is 7.75. The number of ether oxygens (including phenoxy) is 2. The lowest BCUT2D eigenvalue weighted by atomic mass is 9.94. The minimum Gasteiger partial charge on any atom is -0.454 e. The number of hydrogen-bond acceptors (Lipinski definition) is 4. The fourth-order valence-corrected chi connectivity index (χ4v) is 3.27. The van der Waals surface area contributed by atoms with Crippen LogP contribution in [-0.4, -0.2) is 19.2 Å². The number of benzene rings is 2. The molecule has 1 aliphatic carbocycles. The van der Waals surface area contributed by atoms with Gasteiger partial charge < -0.3 is 20.5 Å². The Bertz CT molecular complexity index is 756. The number of rotatable bonds is 6. The maximum Gasteiger partial charge on any atom is 0.239 e. The first-order valence-corrected chi connectivity index (χ1v) is 8.16. The van der Waals surface area contributed by atoms with Crippen molar-refractivity contribution >= 4 is 5.91 Å². The summed E-state index contributed by atoms with van der Waals surface area (Å²) in [7, 11) is 0. The highest BCUT2D eigenvalue weighted by molar-refractivity contribution is 5.81. The Kier molecular flexibility index (Phi) is 3.65. The van der Waals surface area contributed by atoms with Gasteiger partial charge in [0.2, 0.25) is 12.7 Å². The number of hydrogen-bond donors (Lipinski definition) is 2. The van der Waals surface area contributed by atoms with E-state index in [4.69, 9.17) is 15.2 Å². The molecule has 5 heteroatoms. The van der Waals surface area contributed by atoms with Crippen molar-refractivity contribution in [1.29, 1.82) is 0 Å². The SMILES string of the molecule is NC(=O)C(NCC1(c2ccc3c(c2)OCO3)CC1)c1ccccc1. The van der Waals surface area contributed by atoms with Gasteiger partial charge in [-0.15, -0.1) is 0 Å². The molecule has 3 N–H and O–H groups in total. The van der Waals surface area contributed by atoms with Crippen molar-refractivity contribution < 1.29 is 14.3 Å². The molecule has 4 rings (SSSR count). The van der Waals surface area contributed by atoms with Crippen LogP contribution >= 0.6 is 0 Å². The summed E-state index contributed by atoms with van der Waals surface area (Å²) in [6.07, 6.45) is 2.17. The van der Waals surface area contributed by atoms with Crippen molar-refractivity contribution in [1.82, 2.24) is 5.32 Å². The van der Waals surface area contributed by atoms with Gasteiger partial charge in [0.1, 0.15) is 6.04 Å². The minimum atomic E-state index is -0.474. The Morgan fingerprint density at radius 3 is 2.58 bits per heavy atom. The molecule has 124 valence electrons.